The maximum absolute atomic E-state index is 12.8. The summed E-state index contributed by atoms with van der Waals surface area (Å²) in [5.74, 6) is 0.741. The van der Waals surface area contributed by atoms with E-state index >= 15 is 0 Å². The molecule has 0 saturated heterocycles. The van der Waals surface area contributed by atoms with Gasteiger partial charge < -0.3 is 10.1 Å². The van der Waals surface area contributed by atoms with Crippen molar-refractivity contribution >= 4 is 17.7 Å². The first-order valence-corrected chi connectivity index (χ1v) is 9.57. The number of tetrazole rings is 1. The van der Waals surface area contributed by atoms with Gasteiger partial charge in [0, 0.05) is 6.04 Å². The molecule has 1 aliphatic carbocycles. The fourth-order valence-corrected chi connectivity index (χ4v) is 3.65. The third-order valence-electron chi connectivity index (χ3n) is 4.25. The van der Waals surface area contributed by atoms with Crippen LogP contribution in [0, 0.1) is 0 Å². The predicted octanol–water partition coefficient (Wildman–Crippen LogP) is 2.78. The minimum absolute atomic E-state index is 0.0158. The van der Waals surface area contributed by atoms with Crippen LogP contribution in [0.15, 0.2) is 59.8 Å². The van der Waals surface area contributed by atoms with Crippen molar-refractivity contribution in [2.24, 2.45) is 0 Å². The molecule has 4 rings (SSSR count). The van der Waals surface area contributed by atoms with E-state index in [2.05, 4.69) is 20.8 Å². The van der Waals surface area contributed by atoms with Gasteiger partial charge in [-0.15, -0.1) is 5.10 Å². The molecule has 0 aliphatic heterocycles. The molecule has 1 atom stereocenters. The lowest BCUT2D eigenvalue weighted by Gasteiger charge is -2.16. The van der Waals surface area contributed by atoms with E-state index in [1.165, 1.54) is 11.8 Å². The fourth-order valence-electron chi connectivity index (χ4n) is 2.65. The molecule has 27 heavy (non-hydrogen) atoms. The molecule has 1 heterocycles. The van der Waals surface area contributed by atoms with Gasteiger partial charge in [0.2, 0.25) is 11.1 Å². The first-order valence-electron chi connectivity index (χ1n) is 8.69. The molecule has 138 valence electrons. The summed E-state index contributed by atoms with van der Waals surface area (Å²) in [5, 5.41) is 15.2. The number of nitrogens with one attached hydrogen (secondary N) is 1. The quantitative estimate of drug-likeness (QED) is 0.634. The molecule has 1 saturated carbocycles. The number of nitrogens with zero attached hydrogens (tertiary/aromatic N) is 4. The Balaban J connectivity index is 1.61. The average Bonchev–Trinajstić information content (AvgIpc) is 3.40. The highest BCUT2D eigenvalue weighted by molar-refractivity contribution is 8.00. The number of methoxy groups -OCH3 is 1. The third kappa shape index (κ3) is 4.11. The zero-order chi connectivity index (χ0) is 18.6. The summed E-state index contributed by atoms with van der Waals surface area (Å²) < 4.78 is 6.82. The van der Waals surface area contributed by atoms with E-state index in [0.717, 1.165) is 29.8 Å². The molecule has 1 amide bonds. The number of rotatable bonds is 7. The van der Waals surface area contributed by atoms with Gasteiger partial charge in [-0.05, 0) is 53.1 Å². The van der Waals surface area contributed by atoms with Crippen LogP contribution in [-0.2, 0) is 4.79 Å². The minimum atomic E-state index is -0.421. The average molecular weight is 381 g/mol. The number of thioether (sulfide) groups is 1. The lowest BCUT2D eigenvalue weighted by atomic mass is 10.1. The van der Waals surface area contributed by atoms with Gasteiger partial charge in [-0.25, -0.2) is 0 Å². The molecule has 1 N–H and O–H groups in total. The highest BCUT2D eigenvalue weighted by Gasteiger charge is 2.30. The molecule has 7 nitrogen and oxygen atoms in total. The number of carbonyl (C=O) groups is 1. The van der Waals surface area contributed by atoms with E-state index in [0.29, 0.717) is 11.2 Å². The predicted molar refractivity (Wildman–Crippen MR) is 102 cm³/mol. The Kier molecular flexibility index (Phi) is 5.06. The van der Waals surface area contributed by atoms with Gasteiger partial charge >= 0.3 is 0 Å². The number of amides is 1. The smallest absolute Gasteiger partial charge is 0.238 e. The zero-order valence-electron chi connectivity index (χ0n) is 14.8. The molecule has 0 spiro atoms. The SMILES string of the molecule is COc1ccc(-n2nnnc2SC(C(=O)NC2CC2)c2ccccc2)cc1. The molecule has 0 bridgehead atoms. The number of carbonyl (C=O) groups excluding carboxylic acids is 1. The standard InChI is InChI=1S/C19H19N5O2S/c1-26-16-11-9-15(10-12-16)24-19(21-22-23-24)27-17(13-5-3-2-4-6-13)18(25)20-14-7-8-14/h2-6,9-12,14,17H,7-8H2,1H3,(H,20,25). The molecule has 1 fully saturated rings. The summed E-state index contributed by atoms with van der Waals surface area (Å²) >= 11 is 1.34. The second kappa shape index (κ2) is 7.79. The van der Waals surface area contributed by atoms with Crippen LogP contribution in [0.1, 0.15) is 23.7 Å². The highest BCUT2D eigenvalue weighted by Crippen LogP contribution is 2.36. The Bertz CT molecular complexity index is 909. The second-order valence-electron chi connectivity index (χ2n) is 6.26. The summed E-state index contributed by atoms with van der Waals surface area (Å²) in [6.07, 6.45) is 2.09. The first kappa shape index (κ1) is 17.5. The van der Waals surface area contributed by atoms with Crippen molar-refractivity contribution in [2.75, 3.05) is 7.11 Å². The molecule has 8 heteroatoms. The van der Waals surface area contributed by atoms with Crippen molar-refractivity contribution in [3.63, 3.8) is 0 Å². The van der Waals surface area contributed by atoms with Crippen LogP contribution in [0.4, 0.5) is 0 Å². The van der Waals surface area contributed by atoms with E-state index in [4.69, 9.17) is 4.74 Å². The van der Waals surface area contributed by atoms with E-state index < -0.39 is 5.25 Å². The molecule has 3 aromatic rings. The largest absolute Gasteiger partial charge is 0.497 e. The monoisotopic (exact) mass is 381 g/mol. The zero-order valence-corrected chi connectivity index (χ0v) is 15.6. The molecule has 1 unspecified atom stereocenters. The van der Waals surface area contributed by atoms with E-state index in [9.17, 15) is 4.79 Å². The van der Waals surface area contributed by atoms with Crippen LogP contribution in [0.25, 0.3) is 5.69 Å². The molecule has 1 aliphatic rings. The van der Waals surface area contributed by atoms with Crippen LogP contribution in [0.3, 0.4) is 0 Å². The lowest BCUT2D eigenvalue weighted by molar-refractivity contribution is -0.120. The van der Waals surface area contributed by atoms with Crippen molar-refractivity contribution in [2.45, 2.75) is 29.3 Å². The third-order valence-corrected chi connectivity index (χ3v) is 5.43. The topological polar surface area (TPSA) is 81.9 Å². The molecular formula is C19H19N5O2S. The van der Waals surface area contributed by atoms with Gasteiger partial charge in [-0.3, -0.25) is 4.79 Å². The first-order chi connectivity index (χ1) is 13.2. The van der Waals surface area contributed by atoms with E-state index in [1.54, 1.807) is 11.8 Å². The minimum Gasteiger partial charge on any atom is -0.497 e. The van der Waals surface area contributed by atoms with Crippen LogP contribution in [0.2, 0.25) is 0 Å². The Morgan fingerprint density at radius 1 is 1.19 bits per heavy atom. The van der Waals surface area contributed by atoms with E-state index in [-0.39, 0.29) is 5.91 Å². The molecule has 2 aromatic carbocycles. The summed E-state index contributed by atoms with van der Waals surface area (Å²) in [4.78, 5) is 12.8. The Morgan fingerprint density at radius 3 is 2.59 bits per heavy atom. The Morgan fingerprint density at radius 2 is 1.93 bits per heavy atom. The van der Waals surface area contributed by atoms with Crippen LogP contribution >= 0.6 is 11.8 Å². The number of benzene rings is 2. The van der Waals surface area contributed by atoms with Gasteiger partial charge in [0.15, 0.2) is 0 Å². The number of hydrogen-bond acceptors (Lipinski definition) is 6. The normalized spacial score (nSPS) is 14.6. The second-order valence-corrected chi connectivity index (χ2v) is 7.33. The number of hydrogen-bond donors (Lipinski definition) is 1. The van der Waals surface area contributed by atoms with Crippen molar-refractivity contribution in [1.29, 1.82) is 0 Å². The summed E-state index contributed by atoms with van der Waals surface area (Å²) in [6, 6.07) is 17.4. The Labute approximate surface area is 161 Å². The maximum Gasteiger partial charge on any atom is 0.238 e. The number of aromatic nitrogens is 4. The summed E-state index contributed by atoms with van der Waals surface area (Å²) in [5.41, 5.74) is 1.72. The van der Waals surface area contributed by atoms with Gasteiger partial charge in [0.05, 0.1) is 12.8 Å². The van der Waals surface area contributed by atoms with Gasteiger partial charge in [-0.2, -0.15) is 4.68 Å². The Hall–Kier alpha value is -2.87. The highest BCUT2D eigenvalue weighted by atomic mass is 32.2. The van der Waals surface area contributed by atoms with Crippen molar-refractivity contribution < 1.29 is 9.53 Å². The van der Waals surface area contributed by atoms with E-state index in [1.807, 2.05) is 54.6 Å². The summed E-state index contributed by atoms with van der Waals surface area (Å²) in [7, 11) is 1.62. The van der Waals surface area contributed by atoms with Crippen molar-refractivity contribution in [3.05, 3.63) is 60.2 Å². The summed E-state index contributed by atoms with van der Waals surface area (Å²) in [6.45, 7) is 0. The lowest BCUT2D eigenvalue weighted by Crippen LogP contribution is -2.29. The van der Waals surface area contributed by atoms with Gasteiger partial charge in [0.25, 0.3) is 0 Å². The molecular weight excluding hydrogens is 362 g/mol. The van der Waals surface area contributed by atoms with Crippen LogP contribution in [0.5, 0.6) is 5.75 Å². The van der Waals surface area contributed by atoms with Crippen LogP contribution < -0.4 is 10.1 Å². The van der Waals surface area contributed by atoms with Gasteiger partial charge in [-0.1, -0.05) is 42.1 Å². The fraction of sp³-hybridized carbons (Fsp3) is 0.263. The van der Waals surface area contributed by atoms with Gasteiger partial charge in [0.1, 0.15) is 11.0 Å². The maximum atomic E-state index is 12.8. The van der Waals surface area contributed by atoms with Crippen molar-refractivity contribution in [3.8, 4) is 11.4 Å². The number of ether oxygens (including phenoxy) is 1. The van der Waals surface area contributed by atoms with Crippen molar-refractivity contribution in [1.82, 2.24) is 25.5 Å². The van der Waals surface area contributed by atoms with Crippen LogP contribution in [-0.4, -0.2) is 39.3 Å². The molecule has 1 aromatic heterocycles. The molecule has 0 radical (unpaired) electrons.